The molecule has 1 amide bonds. The van der Waals surface area contributed by atoms with Crippen LogP contribution >= 0.6 is 0 Å². The van der Waals surface area contributed by atoms with Gasteiger partial charge in [0.15, 0.2) is 0 Å². The highest BCUT2D eigenvalue weighted by Gasteiger charge is 2.34. The first kappa shape index (κ1) is 26.5. The Bertz CT molecular complexity index is 1140. The number of hydrogen-bond acceptors (Lipinski definition) is 8. The number of benzene rings is 2. The van der Waals surface area contributed by atoms with Crippen molar-refractivity contribution in [1.82, 2.24) is 9.91 Å². The number of nitrogens with zero attached hydrogens (tertiary/aromatic N) is 2. The number of rotatable bonds is 12. The number of nitrogens with two attached hydrogens (primary N) is 2. The average molecular weight is 506 g/mol. The second-order valence-corrected chi connectivity index (χ2v) is 8.02. The fourth-order valence-electron chi connectivity index (χ4n) is 3.77. The second-order valence-electron chi connectivity index (χ2n) is 8.02. The molecule has 12 heteroatoms. The molecule has 1 unspecified atom stereocenters. The Kier molecular flexibility index (Phi) is 8.54. The summed E-state index contributed by atoms with van der Waals surface area (Å²) in [5.41, 5.74) is 7.67. The van der Waals surface area contributed by atoms with Gasteiger partial charge in [0.2, 0.25) is 0 Å². The Morgan fingerprint density at radius 1 is 1.19 bits per heavy atom. The lowest BCUT2D eigenvalue weighted by molar-refractivity contribution is -0.274. The van der Waals surface area contributed by atoms with E-state index < -0.39 is 12.4 Å². The quantitative estimate of drug-likeness (QED) is 0.256. The number of amides is 1. The smallest absolute Gasteiger partial charge is 0.487 e. The van der Waals surface area contributed by atoms with Crippen LogP contribution in [0.2, 0.25) is 0 Å². The highest BCUT2D eigenvalue weighted by Crippen LogP contribution is 2.32. The van der Waals surface area contributed by atoms with Gasteiger partial charge in [-0.1, -0.05) is 18.2 Å². The largest absolute Gasteiger partial charge is 0.573 e. The van der Waals surface area contributed by atoms with Gasteiger partial charge in [-0.15, -0.1) is 13.2 Å². The first-order valence-corrected chi connectivity index (χ1v) is 10.9. The summed E-state index contributed by atoms with van der Waals surface area (Å²) in [5, 5.41) is 1.19. The minimum absolute atomic E-state index is 0.0494. The molecule has 0 spiro atoms. The Balaban J connectivity index is 1.62. The Morgan fingerprint density at radius 3 is 2.64 bits per heavy atom. The maximum absolute atomic E-state index is 12.8. The number of hydrogen-bond donors (Lipinski definition) is 2. The summed E-state index contributed by atoms with van der Waals surface area (Å²) in [5.74, 6) is 5.63. The van der Waals surface area contributed by atoms with Crippen molar-refractivity contribution < 1.29 is 37.0 Å². The van der Waals surface area contributed by atoms with Gasteiger partial charge in [-0.25, -0.2) is 5.84 Å². The van der Waals surface area contributed by atoms with Crippen molar-refractivity contribution in [3.05, 3.63) is 71.1 Å². The summed E-state index contributed by atoms with van der Waals surface area (Å²) in [7, 11) is 0. The Morgan fingerprint density at radius 2 is 1.94 bits per heavy atom. The lowest BCUT2D eigenvalue weighted by atomic mass is 10.1. The van der Waals surface area contributed by atoms with E-state index in [0.29, 0.717) is 35.0 Å². The van der Waals surface area contributed by atoms with Crippen molar-refractivity contribution in [3.8, 4) is 11.5 Å². The van der Waals surface area contributed by atoms with E-state index in [1.807, 2.05) is 0 Å². The van der Waals surface area contributed by atoms with Crippen LogP contribution in [0.1, 0.15) is 34.3 Å². The van der Waals surface area contributed by atoms with E-state index in [9.17, 15) is 27.6 Å². The van der Waals surface area contributed by atoms with Gasteiger partial charge in [0.05, 0.1) is 24.8 Å². The number of hydrazine groups is 1. The molecule has 1 atom stereocenters. The lowest BCUT2D eigenvalue weighted by Crippen LogP contribution is -2.36. The van der Waals surface area contributed by atoms with Crippen molar-refractivity contribution in [2.24, 2.45) is 11.6 Å². The number of carbonyl (C=O) groups excluding carboxylic acids is 3. The first-order chi connectivity index (χ1) is 17.1. The lowest BCUT2D eigenvalue weighted by Gasteiger charge is -2.22. The van der Waals surface area contributed by atoms with Crippen LogP contribution in [0.15, 0.2) is 54.4 Å². The highest BCUT2D eigenvalue weighted by atomic mass is 19.4. The molecule has 0 bridgehead atoms. The van der Waals surface area contributed by atoms with Crippen LogP contribution in [0.25, 0.3) is 0 Å². The van der Waals surface area contributed by atoms with E-state index >= 15 is 0 Å². The molecule has 0 aromatic heterocycles. The number of halogens is 3. The molecule has 0 fully saturated rings. The van der Waals surface area contributed by atoms with Crippen molar-refractivity contribution in [3.63, 3.8) is 0 Å². The van der Waals surface area contributed by atoms with Gasteiger partial charge in [0, 0.05) is 23.7 Å². The molecule has 36 heavy (non-hydrogen) atoms. The molecular formula is C24H25F3N4O5. The van der Waals surface area contributed by atoms with Crippen LogP contribution < -0.4 is 21.1 Å². The third-order valence-corrected chi connectivity index (χ3v) is 5.31. The predicted octanol–water partition coefficient (Wildman–Crippen LogP) is 2.64. The maximum Gasteiger partial charge on any atom is 0.573 e. The van der Waals surface area contributed by atoms with Crippen molar-refractivity contribution in [1.29, 1.82) is 0 Å². The molecule has 1 heterocycles. The number of fused-ring (bicyclic) bond motifs is 1. The van der Waals surface area contributed by atoms with E-state index in [1.54, 1.807) is 24.3 Å². The molecule has 0 saturated carbocycles. The third kappa shape index (κ3) is 6.98. The molecule has 4 N–H and O–H groups in total. The number of carbonyl (C=O) groups is 3. The summed E-state index contributed by atoms with van der Waals surface area (Å²) in [6.07, 6.45) is -1.69. The standard InChI is InChI=1S/C24H25F3N4O5/c25-24(26,27)36-19-6-1-4-16(10-19)11-30(29)12-17(28)15-35-22-8-2-7-20-21(22)13-31(23(20)34)18(14-33)5-3-9-32/h1-2,4,6-10,12,14,18H,3,5,11,13,15,28-29H2/b17-12-. The van der Waals surface area contributed by atoms with Crippen molar-refractivity contribution in [2.75, 3.05) is 6.61 Å². The zero-order valence-electron chi connectivity index (χ0n) is 19.1. The van der Waals surface area contributed by atoms with Crippen LogP contribution in [-0.2, 0) is 22.7 Å². The van der Waals surface area contributed by atoms with Crippen LogP contribution in [0.3, 0.4) is 0 Å². The maximum atomic E-state index is 12.8. The topological polar surface area (TPSA) is 128 Å². The van der Waals surface area contributed by atoms with E-state index in [0.717, 1.165) is 0 Å². The predicted molar refractivity (Wildman–Crippen MR) is 122 cm³/mol. The van der Waals surface area contributed by atoms with Gasteiger partial charge in [0.25, 0.3) is 5.91 Å². The summed E-state index contributed by atoms with van der Waals surface area (Å²) in [4.78, 5) is 36.3. The molecule has 0 aliphatic carbocycles. The molecule has 2 aromatic carbocycles. The molecule has 1 aliphatic rings. The fourth-order valence-corrected chi connectivity index (χ4v) is 3.77. The van der Waals surface area contributed by atoms with Gasteiger partial charge in [-0.05, 0) is 36.2 Å². The molecule has 192 valence electrons. The van der Waals surface area contributed by atoms with E-state index in [4.69, 9.17) is 16.3 Å². The van der Waals surface area contributed by atoms with Gasteiger partial charge in [-0.2, -0.15) is 0 Å². The fraction of sp³-hybridized carbons (Fsp3) is 0.292. The monoisotopic (exact) mass is 506 g/mol. The van der Waals surface area contributed by atoms with Crippen LogP contribution in [0, 0.1) is 0 Å². The van der Waals surface area contributed by atoms with Crippen molar-refractivity contribution >= 4 is 18.5 Å². The molecule has 0 saturated heterocycles. The normalized spacial score (nSPS) is 14.3. The minimum atomic E-state index is -4.80. The Labute approximate surface area is 205 Å². The molecule has 2 aromatic rings. The molecule has 3 rings (SSSR count). The van der Waals surface area contributed by atoms with E-state index in [-0.39, 0.29) is 49.9 Å². The molecule has 1 aliphatic heterocycles. The van der Waals surface area contributed by atoms with Gasteiger partial charge >= 0.3 is 6.36 Å². The van der Waals surface area contributed by atoms with E-state index in [1.165, 1.54) is 34.3 Å². The highest BCUT2D eigenvalue weighted by molar-refractivity contribution is 6.00. The van der Waals surface area contributed by atoms with Gasteiger partial charge in [0.1, 0.15) is 30.7 Å². The van der Waals surface area contributed by atoms with Crippen LogP contribution in [0.5, 0.6) is 11.5 Å². The minimum Gasteiger partial charge on any atom is -0.487 e. The number of alkyl halides is 3. The number of aldehydes is 2. The zero-order chi connectivity index (χ0) is 26.3. The first-order valence-electron chi connectivity index (χ1n) is 10.9. The summed E-state index contributed by atoms with van der Waals surface area (Å²) < 4.78 is 46.9. The third-order valence-electron chi connectivity index (χ3n) is 5.31. The molecule has 0 radical (unpaired) electrons. The van der Waals surface area contributed by atoms with Gasteiger partial charge < -0.3 is 34.7 Å². The van der Waals surface area contributed by atoms with Crippen LogP contribution in [0.4, 0.5) is 13.2 Å². The Hall–Kier alpha value is -4.06. The average Bonchev–Trinajstić information content (AvgIpc) is 3.14. The summed E-state index contributed by atoms with van der Waals surface area (Å²) >= 11 is 0. The molecule has 9 nitrogen and oxygen atoms in total. The second kappa shape index (κ2) is 11.6. The zero-order valence-corrected chi connectivity index (χ0v) is 19.1. The SMILES string of the molecule is N/C(=C\N(N)Cc1cccc(OC(F)(F)F)c1)COc1cccc2c1CN(C(C=O)CCC=O)C2=O. The van der Waals surface area contributed by atoms with Crippen LogP contribution in [-0.4, -0.2) is 47.4 Å². The van der Waals surface area contributed by atoms with Gasteiger partial charge in [-0.3, -0.25) is 4.79 Å². The number of ether oxygens (including phenoxy) is 2. The van der Waals surface area contributed by atoms with E-state index in [2.05, 4.69) is 4.74 Å². The van der Waals surface area contributed by atoms with Crippen molar-refractivity contribution in [2.45, 2.75) is 38.3 Å². The summed E-state index contributed by atoms with van der Waals surface area (Å²) in [6.45, 7) is 0.112. The summed E-state index contributed by atoms with van der Waals surface area (Å²) in [6, 6.07) is 9.60. The molecular weight excluding hydrogens is 481 g/mol.